The van der Waals surface area contributed by atoms with Gasteiger partial charge in [-0.05, 0) is 42.3 Å². The lowest BCUT2D eigenvalue weighted by atomic mass is 10.1. The first-order valence-corrected chi connectivity index (χ1v) is 8.33. The quantitative estimate of drug-likeness (QED) is 0.787. The maximum Gasteiger partial charge on any atom is 0.255 e. The van der Waals surface area contributed by atoms with Crippen LogP contribution in [0.15, 0.2) is 59.5 Å². The average Bonchev–Trinajstić information content (AvgIpc) is 3.31. The second-order valence-electron chi connectivity index (χ2n) is 6.16. The van der Waals surface area contributed by atoms with Crippen molar-refractivity contribution in [2.45, 2.75) is 13.3 Å². The molecule has 1 aliphatic rings. The molecule has 6 nitrogen and oxygen atoms in total. The van der Waals surface area contributed by atoms with Crippen LogP contribution >= 0.6 is 0 Å². The number of hydrogen-bond donors (Lipinski definition) is 1. The molecular weight excluding hydrogens is 330 g/mol. The van der Waals surface area contributed by atoms with Crippen LogP contribution in [0.25, 0.3) is 11.3 Å². The van der Waals surface area contributed by atoms with Gasteiger partial charge in [0, 0.05) is 36.0 Å². The summed E-state index contributed by atoms with van der Waals surface area (Å²) in [6.45, 7) is 2.25. The Morgan fingerprint density at radius 2 is 1.96 bits per heavy atom. The zero-order valence-corrected chi connectivity index (χ0v) is 14.2. The number of hydrogen-bond acceptors (Lipinski definition) is 4. The Kier molecular flexibility index (Phi) is 4.01. The van der Waals surface area contributed by atoms with Crippen molar-refractivity contribution < 1.29 is 14.0 Å². The molecule has 0 saturated carbocycles. The Bertz CT molecular complexity index is 962. The Morgan fingerprint density at radius 1 is 1.15 bits per heavy atom. The fraction of sp³-hybridized carbons (Fsp3) is 0.150. The van der Waals surface area contributed by atoms with E-state index in [0.29, 0.717) is 17.9 Å². The topological polar surface area (TPSA) is 75.4 Å². The number of anilines is 2. The largest absolute Gasteiger partial charge is 0.444 e. The molecule has 2 amide bonds. The minimum absolute atomic E-state index is 0.0346. The van der Waals surface area contributed by atoms with E-state index in [2.05, 4.69) is 10.3 Å². The van der Waals surface area contributed by atoms with E-state index in [1.807, 2.05) is 30.3 Å². The molecule has 2 aromatic carbocycles. The summed E-state index contributed by atoms with van der Waals surface area (Å²) in [5, 5.41) is 2.91. The van der Waals surface area contributed by atoms with Crippen molar-refractivity contribution in [2.24, 2.45) is 0 Å². The number of amides is 2. The Balaban J connectivity index is 1.49. The number of aromatic nitrogens is 1. The third-order valence-electron chi connectivity index (χ3n) is 4.48. The second kappa shape index (κ2) is 6.48. The van der Waals surface area contributed by atoms with Crippen molar-refractivity contribution in [3.63, 3.8) is 0 Å². The van der Waals surface area contributed by atoms with E-state index < -0.39 is 0 Å². The van der Waals surface area contributed by atoms with Gasteiger partial charge in [0.1, 0.15) is 0 Å². The number of oxazole rings is 1. The van der Waals surface area contributed by atoms with Crippen LogP contribution in [0, 0.1) is 0 Å². The molecule has 6 heteroatoms. The lowest BCUT2D eigenvalue weighted by Crippen LogP contribution is -2.25. The minimum Gasteiger partial charge on any atom is -0.444 e. The molecule has 3 aromatic rings. The van der Waals surface area contributed by atoms with Gasteiger partial charge in [0.05, 0.1) is 6.20 Å². The molecule has 0 unspecified atom stereocenters. The van der Waals surface area contributed by atoms with Crippen LogP contribution in [-0.2, 0) is 11.2 Å². The zero-order valence-electron chi connectivity index (χ0n) is 14.2. The van der Waals surface area contributed by atoms with Crippen molar-refractivity contribution in [1.82, 2.24) is 4.98 Å². The summed E-state index contributed by atoms with van der Waals surface area (Å²) < 4.78 is 5.24. The SMILES string of the molecule is CC(=O)N1CCc2cc(NC(=O)c3ccc(-c4cnco4)cc3)ccc21. The van der Waals surface area contributed by atoms with Gasteiger partial charge in [0.15, 0.2) is 12.2 Å². The Hall–Kier alpha value is -3.41. The van der Waals surface area contributed by atoms with Crippen molar-refractivity contribution in [1.29, 1.82) is 0 Å². The summed E-state index contributed by atoms with van der Waals surface area (Å²) in [6.07, 6.45) is 3.80. The van der Waals surface area contributed by atoms with E-state index in [4.69, 9.17) is 4.42 Å². The molecule has 26 heavy (non-hydrogen) atoms. The fourth-order valence-corrected chi connectivity index (χ4v) is 3.15. The number of rotatable bonds is 3. The van der Waals surface area contributed by atoms with E-state index in [1.165, 1.54) is 6.39 Å². The maximum absolute atomic E-state index is 12.5. The van der Waals surface area contributed by atoms with Crippen LogP contribution in [0.5, 0.6) is 0 Å². The molecule has 2 heterocycles. The molecule has 4 rings (SSSR count). The lowest BCUT2D eigenvalue weighted by Gasteiger charge is -2.15. The van der Waals surface area contributed by atoms with Gasteiger partial charge in [-0.1, -0.05) is 12.1 Å². The molecule has 130 valence electrons. The monoisotopic (exact) mass is 347 g/mol. The Morgan fingerprint density at radius 3 is 2.65 bits per heavy atom. The molecular formula is C20H17N3O3. The molecule has 0 saturated heterocycles. The zero-order chi connectivity index (χ0) is 18.1. The standard InChI is InChI=1S/C20H17N3O3/c1-13(24)23-9-8-16-10-17(6-7-18(16)23)22-20(25)15-4-2-14(3-5-15)19-11-21-12-26-19/h2-7,10-12H,8-9H2,1H3,(H,22,25). The molecule has 0 aliphatic carbocycles. The Labute approximate surface area is 150 Å². The third kappa shape index (κ3) is 2.97. The van der Waals surface area contributed by atoms with E-state index in [1.54, 1.807) is 30.2 Å². The normalized spacial score (nSPS) is 12.7. The number of nitrogens with zero attached hydrogens (tertiary/aromatic N) is 2. The molecule has 0 radical (unpaired) electrons. The van der Waals surface area contributed by atoms with Crippen LogP contribution in [0.4, 0.5) is 11.4 Å². The molecule has 0 fully saturated rings. The number of nitrogens with one attached hydrogen (secondary N) is 1. The van der Waals surface area contributed by atoms with Crippen molar-refractivity contribution in [3.05, 3.63) is 66.2 Å². The first-order chi connectivity index (χ1) is 12.6. The van der Waals surface area contributed by atoms with E-state index in [0.717, 1.165) is 28.9 Å². The lowest BCUT2D eigenvalue weighted by molar-refractivity contribution is -0.116. The summed E-state index contributed by atoms with van der Waals surface area (Å²) in [4.78, 5) is 29.7. The van der Waals surface area contributed by atoms with Gasteiger partial charge in [-0.2, -0.15) is 0 Å². The van der Waals surface area contributed by atoms with Gasteiger partial charge in [-0.25, -0.2) is 4.98 Å². The molecule has 0 spiro atoms. The van der Waals surface area contributed by atoms with Gasteiger partial charge in [-0.15, -0.1) is 0 Å². The highest BCUT2D eigenvalue weighted by molar-refractivity contribution is 6.05. The smallest absolute Gasteiger partial charge is 0.255 e. The minimum atomic E-state index is -0.185. The first-order valence-electron chi connectivity index (χ1n) is 8.33. The van der Waals surface area contributed by atoms with Crippen LogP contribution in [0.3, 0.4) is 0 Å². The predicted molar refractivity (Wildman–Crippen MR) is 98.1 cm³/mol. The van der Waals surface area contributed by atoms with Gasteiger partial charge in [0.2, 0.25) is 5.91 Å². The molecule has 1 aromatic heterocycles. The number of benzene rings is 2. The summed E-state index contributed by atoms with van der Waals surface area (Å²) in [5.74, 6) is 0.508. The number of fused-ring (bicyclic) bond motifs is 1. The fourth-order valence-electron chi connectivity index (χ4n) is 3.15. The third-order valence-corrected chi connectivity index (χ3v) is 4.48. The van der Waals surface area contributed by atoms with Gasteiger partial charge >= 0.3 is 0 Å². The van der Waals surface area contributed by atoms with Crippen LogP contribution in [0.2, 0.25) is 0 Å². The van der Waals surface area contributed by atoms with E-state index in [-0.39, 0.29) is 11.8 Å². The van der Waals surface area contributed by atoms with Crippen LogP contribution in [-0.4, -0.2) is 23.3 Å². The van der Waals surface area contributed by atoms with Gasteiger partial charge in [-0.3, -0.25) is 9.59 Å². The number of carbonyl (C=O) groups is 2. The van der Waals surface area contributed by atoms with Crippen molar-refractivity contribution in [3.8, 4) is 11.3 Å². The molecule has 1 aliphatic heterocycles. The summed E-state index contributed by atoms with van der Waals surface area (Å²) in [5.41, 5.74) is 4.13. The average molecular weight is 347 g/mol. The van der Waals surface area contributed by atoms with Gasteiger partial charge in [0.25, 0.3) is 5.91 Å². The van der Waals surface area contributed by atoms with Crippen molar-refractivity contribution >= 4 is 23.2 Å². The molecule has 0 bridgehead atoms. The highest BCUT2D eigenvalue weighted by Crippen LogP contribution is 2.30. The molecule has 1 N–H and O–H groups in total. The second-order valence-corrected chi connectivity index (χ2v) is 6.16. The van der Waals surface area contributed by atoms with Crippen LogP contribution < -0.4 is 10.2 Å². The summed E-state index contributed by atoms with van der Waals surface area (Å²) in [6, 6.07) is 12.8. The maximum atomic E-state index is 12.5. The predicted octanol–water partition coefficient (Wildman–Crippen LogP) is 3.50. The van der Waals surface area contributed by atoms with Crippen LogP contribution in [0.1, 0.15) is 22.8 Å². The summed E-state index contributed by atoms with van der Waals surface area (Å²) in [7, 11) is 0. The van der Waals surface area contributed by atoms with Gasteiger partial charge < -0.3 is 14.6 Å². The molecule has 0 atom stereocenters. The number of carbonyl (C=O) groups excluding carboxylic acids is 2. The van der Waals surface area contributed by atoms with E-state index in [9.17, 15) is 9.59 Å². The summed E-state index contributed by atoms with van der Waals surface area (Å²) >= 11 is 0. The van der Waals surface area contributed by atoms with Crippen molar-refractivity contribution in [2.75, 3.05) is 16.8 Å². The van der Waals surface area contributed by atoms with E-state index >= 15 is 0 Å². The first kappa shape index (κ1) is 16.1. The highest BCUT2D eigenvalue weighted by atomic mass is 16.3. The highest BCUT2D eigenvalue weighted by Gasteiger charge is 2.22.